The van der Waals surface area contributed by atoms with Crippen LogP contribution in [-0.2, 0) is 4.74 Å². The first kappa shape index (κ1) is 13.3. The number of carbonyl (C=O) groups is 1. The van der Waals surface area contributed by atoms with Crippen molar-refractivity contribution in [1.82, 2.24) is 0 Å². The van der Waals surface area contributed by atoms with Crippen LogP contribution in [-0.4, -0.2) is 13.1 Å². The van der Waals surface area contributed by atoms with Gasteiger partial charge in [0.15, 0.2) is 0 Å². The Bertz CT molecular complexity index is 585. The molecule has 2 aromatic rings. The number of rotatable bonds is 3. The molecule has 0 bridgehead atoms. The van der Waals surface area contributed by atoms with Crippen LogP contribution in [0.25, 0.3) is 11.1 Å². The molecular weight excluding hydrogens is 236 g/mol. The van der Waals surface area contributed by atoms with Gasteiger partial charge >= 0.3 is 5.97 Å². The van der Waals surface area contributed by atoms with Crippen LogP contribution in [0.5, 0.6) is 0 Å². The summed E-state index contributed by atoms with van der Waals surface area (Å²) in [5.74, 6) is 0.186. The summed E-state index contributed by atoms with van der Waals surface area (Å²) in [5.41, 5.74) is 4.03. The van der Waals surface area contributed by atoms with Crippen LogP contribution in [0, 0.1) is 0 Å². The molecule has 0 heterocycles. The lowest BCUT2D eigenvalue weighted by Gasteiger charge is -2.09. The highest BCUT2D eigenvalue weighted by molar-refractivity contribution is 5.91. The fraction of sp³-hybridized carbons (Fsp3) is 0.235. The van der Waals surface area contributed by atoms with Gasteiger partial charge in [-0.3, -0.25) is 0 Å². The van der Waals surface area contributed by atoms with E-state index in [-0.39, 0.29) is 5.97 Å². The third-order valence-corrected chi connectivity index (χ3v) is 3.17. The monoisotopic (exact) mass is 254 g/mol. The van der Waals surface area contributed by atoms with Crippen LogP contribution in [0.2, 0.25) is 0 Å². The number of hydrogen-bond acceptors (Lipinski definition) is 2. The van der Waals surface area contributed by atoms with Gasteiger partial charge in [0.05, 0.1) is 12.7 Å². The molecule has 0 saturated heterocycles. The fourth-order valence-electron chi connectivity index (χ4n) is 2.02. The average molecular weight is 254 g/mol. The van der Waals surface area contributed by atoms with E-state index in [2.05, 4.69) is 38.1 Å². The van der Waals surface area contributed by atoms with E-state index in [0.717, 1.165) is 11.1 Å². The molecule has 19 heavy (non-hydrogen) atoms. The van der Waals surface area contributed by atoms with Gasteiger partial charge in [0.2, 0.25) is 0 Å². The van der Waals surface area contributed by atoms with E-state index in [1.54, 1.807) is 6.07 Å². The molecule has 2 aromatic carbocycles. The number of carbonyl (C=O) groups excluding carboxylic acids is 1. The third kappa shape index (κ3) is 3.02. The highest BCUT2D eigenvalue weighted by Crippen LogP contribution is 2.24. The lowest BCUT2D eigenvalue weighted by molar-refractivity contribution is 0.0601. The van der Waals surface area contributed by atoms with Gasteiger partial charge in [0.25, 0.3) is 0 Å². The number of hydrogen-bond donors (Lipinski definition) is 0. The van der Waals surface area contributed by atoms with Gasteiger partial charge in [-0.2, -0.15) is 0 Å². The topological polar surface area (TPSA) is 26.3 Å². The standard InChI is InChI=1S/C17H18O2/c1-12(2)13-6-4-7-14(10-13)15-8-5-9-16(11-15)17(18)19-3/h4-12H,1-3H3. The van der Waals surface area contributed by atoms with Crippen molar-refractivity contribution in [3.63, 3.8) is 0 Å². The maximum Gasteiger partial charge on any atom is 0.337 e. The molecule has 2 heteroatoms. The average Bonchev–Trinajstić information content (AvgIpc) is 2.46. The highest BCUT2D eigenvalue weighted by Gasteiger charge is 2.07. The third-order valence-electron chi connectivity index (χ3n) is 3.17. The van der Waals surface area contributed by atoms with Gasteiger partial charge in [-0.15, -0.1) is 0 Å². The van der Waals surface area contributed by atoms with Crippen molar-refractivity contribution in [2.24, 2.45) is 0 Å². The SMILES string of the molecule is COC(=O)c1cccc(-c2cccc(C(C)C)c2)c1. The van der Waals surface area contributed by atoms with E-state index in [1.165, 1.54) is 12.7 Å². The molecule has 0 atom stereocenters. The Morgan fingerprint density at radius 1 is 1.00 bits per heavy atom. The van der Waals surface area contributed by atoms with Gasteiger partial charge < -0.3 is 4.74 Å². The van der Waals surface area contributed by atoms with Crippen LogP contribution in [0.15, 0.2) is 48.5 Å². The molecule has 0 unspecified atom stereocenters. The van der Waals surface area contributed by atoms with Gasteiger partial charge in [-0.25, -0.2) is 4.79 Å². The van der Waals surface area contributed by atoms with E-state index in [4.69, 9.17) is 4.74 Å². The Balaban J connectivity index is 2.41. The summed E-state index contributed by atoms with van der Waals surface area (Å²) in [4.78, 5) is 11.5. The first-order valence-corrected chi connectivity index (χ1v) is 6.40. The smallest absolute Gasteiger partial charge is 0.337 e. The van der Waals surface area contributed by atoms with Crippen molar-refractivity contribution >= 4 is 5.97 Å². The molecule has 0 radical (unpaired) electrons. The lowest BCUT2D eigenvalue weighted by Crippen LogP contribution is -2.00. The van der Waals surface area contributed by atoms with E-state index in [0.29, 0.717) is 11.5 Å². The normalized spacial score (nSPS) is 10.5. The van der Waals surface area contributed by atoms with Crippen LogP contribution in [0.3, 0.4) is 0 Å². The quantitative estimate of drug-likeness (QED) is 0.765. The van der Waals surface area contributed by atoms with Crippen molar-refractivity contribution in [2.45, 2.75) is 19.8 Å². The number of ether oxygens (including phenoxy) is 1. The summed E-state index contributed by atoms with van der Waals surface area (Å²) in [6, 6.07) is 15.9. The molecule has 0 aliphatic rings. The first-order chi connectivity index (χ1) is 9.11. The van der Waals surface area contributed by atoms with Gasteiger partial charge in [-0.1, -0.05) is 50.2 Å². The molecule has 0 aromatic heterocycles. The Labute approximate surface area is 114 Å². The highest BCUT2D eigenvalue weighted by atomic mass is 16.5. The van der Waals surface area contributed by atoms with Crippen LogP contribution < -0.4 is 0 Å². The van der Waals surface area contributed by atoms with Crippen molar-refractivity contribution < 1.29 is 9.53 Å². The molecule has 0 N–H and O–H groups in total. The molecular formula is C17H18O2. The summed E-state index contributed by atoms with van der Waals surface area (Å²) >= 11 is 0. The van der Waals surface area contributed by atoms with Crippen molar-refractivity contribution in [1.29, 1.82) is 0 Å². The van der Waals surface area contributed by atoms with Crippen molar-refractivity contribution in [2.75, 3.05) is 7.11 Å². The zero-order valence-electron chi connectivity index (χ0n) is 11.5. The Hall–Kier alpha value is -2.09. The second kappa shape index (κ2) is 5.70. The van der Waals surface area contributed by atoms with E-state index >= 15 is 0 Å². The van der Waals surface area contributed by atoms with Crippen molar-refractivity contribution in [3.05, 3.63) is 59.7 Å². The second-order valence-electron chi connectivity index (χ2n) is 4.85. The predicted octanol–water partition coefficient (Wildman–Crippen LogP) is 4.26. The predicted molar refractivity (Wildman–Crippen MR) is 77.3 cm³/mol. The molecule has 98 valence electrons. The van der Waals surface area contributed by atoms with Crippen LogP contribution in [0.1, 0.15) is 35.7 Å². The molecule has 0 fully saturated rings. The van der Waals surface area contributed by atoms with Crippen molar-refractivity contribution in [3.8, 4) is 11.1 Å². The number of benzene rings is 2. The molecule has 0 spiro atoms. The first-order valence-electron chi connectivity index (χ1n) is 6.40. The minimum atomic E-state index is -0.304. The summed E-state index contributed by atoms with van der Waals surface area (Å²) in [6.07, 6.45) is 0. The maximum absolute atomic E-state index is 11.5. The van der Waals surface area contributed by atoms with Gasteiger partial charge in [-0.05, 0) is 34.7 Å². The Morgan fingerprint density at radius 2 is 1.63 bits per heavy atom. The van der Waals surface area contributed by atoms with Gasteiger partial charge in [0, 0.05) is 0 Å². The molecule has 2 rings (SSSR count). The number of esters is 1. The zero-order valence-corrected chi connectivity index (χ0v) is 11.5. The minimum absolute atomic E-state index is 0.304. The Kier molecular flexibility index (Phi) is 4.00. The maximum atomic E-state index is 11.5. The van der Waals surface area contributed by atoms with E-state index < -0.39 is 0 Å². The molecule has 0 saturated carbocycles. The van der Waals surface area contributed by atoms with Crippen LogP contribution >= 0.6 is 0 Å². The molecule has 0 aliphatic carbocycles. The summed E-state index contributed by atoms with van der Waals surface area (Å²) < 4.78 is 4.75. The molecule has 0 aliphatic heterocycles. The fourth-order valence-corrected chi connectivity index (χ4v) is 2.02. The summed E-state index contributed by atoms with van der Waals surface area (Å²) in [5, 5.41) is 0. The molecule has 0 amide bonds. The zero-order chi connectivity index (χ0) is 13.8. The summed E-state index contributed by atoms with van der Waals surface area (Å²) in [7, 11) is 1.40. The van der Waals surface area contributed by atoms with Gasteiger partial charge in [0.1, 0.15) is 0 Å². The minimum Gasteiger partial charge on any atom is -0.465 e. The number of methoxy groups -OCH3 is 1. The largest absolute Gasteiger partial charge is 0.465 e. The summed E-state index contributed by atoms with van der Waals surface area (Å²) in [6.45, 7) is 4.34. The second-order valence-corrected chi connectivity index (χ2v) is 4.85. The van der Waals surface area contributed by atoms with E-state index in [1.807, 2.05) is 18.2 Å². The van der Waals surface area contributed by atoms with E-state index in [9.17, 15) is 4.79 Å². The molecule has 2 nitrogen and oxygen atoms in total. The van der Waals surface area contributed by atoms with Crippen LogP contribution in [0.4, 0.5) is 0 Å². The Morgan fingerprint density at radius 3 is 2.26 bits per heavy atom. The lowest BCUT2D eigenvalue weighted by atomic mass is 9.96.